The molecule has 2 aliphatic rings. The molecule has 1 aromatic carbocycles. The molecular formula is C13H17NO. The predicted molar refractivity (Wildman–Crippen MR) is 61.4 cm³/mol. The predicted octanol–water partition coefficient (Wildman–Crippen LogP) is 2.55. The maximum atomic E-state index is 9.86. The molecule has 0 radical (unpaired) electrons. The van der Waals surface area contributed by atoms with E-state index in [4.69, 9.17) is 0 Å². The lowest BCUT2D eigenvalue weighted by Crippen LogP contribution is -2.31. The van der Waals surface area contributed by atoms with Gasteiger partial charge in [0.25, 0.3) is 0 Å². The van der Waals surface area contributed by atoms with Gasteiger partial charge in [0.1, 0.15) is 5.75 Å². The Morgan fingerprint density at radius 1 is 1.33 bits per heavy atom. The van der Waals surface area contributed by atoms with Crippen molar-refractivity contribution in [3.8, 4) is 5.75 Å². The molecule has 0 aromatic heterocycles. The number of fused-ring (bicyclic) bond motifs is 1. The maximum Gasteiger partial charge on any atom is 0.139 e. The molecule has 2 heteroatoms. The SMILES string of the molecule is Oc1cccc2c1N(CC1CCC1)CC2. The highest BCUT2D eigenvalue weighted by Crippen LogP contribution is 2.38. The van der Waals surface area contributed by atoms with Gasteiger partial charge in [0.2, 0.25) is 0 Å². The Kier molecular flexibility index (Phi) is 2.08. The molecule has 1 heterocycles. The van der Waals surface area contributed by atoms with Gasteiger partial charge in [-0.2, -0.15) is 0 Å². The van der Waals surface area contributed by atoms with Gasteiger partial charge in [-0.1, -0.05) is 18.6 Å². The van der Waals surface area contributed by atoms with Crippen LogP contribution in [0, 0.1) is 5.92 Å². The highest BCUT2D eigenvalue weighted by molar-refractivity contribution is 5.66. The van der Waals surface area contributed by atoms with Crippen LogP contribution < -0.4 is 4.90 Å². The maximum absolute atomic E-state index is 9.86. The molecule has 0 amide bonds. The monoisotopic (exact) mass is 203 g/mol. The van der Waals surface area contributed by atoms with Crippen molar-refractivity contribution in [2.24, 2.45) is 5.92 Å². The number of nitrogens with zero attached hydrogens (tertiary/aromatic N) is 1. The highest BCUT2D eigenvalue weighted by atomic mass is 16.3. The van der Waals surface area contributed by atoms with Crippen molar-refractivity contribution in [1.29, 1.82) is 0 Å². The summed E-state index contributed by atoms with van der Waals surface area (Å²) in [5.74, 6) is 1.33. The molecule has 0 unspecified atom stereocenters. The number of phenols is 1. The van der Waals surface area contributed by atoms with Crippen LogP contribution in [0.25, 0.3) is 0 Å². The van der Waals surface area contributed by atoms with Crippen molar-refractivity contribution >= 4 is 5.69 Å². The van der Waals surface area contributed by atoms with Crippen molar-refractivity contribution in [3.05, 3.63) is 23.8 Å². The Labute approximate surface area is 90.5 Å². The smallest absolute Gasteiger partial charge is 0.139 e. The summed E-state index contributed by atoms with van der Waals surface area (Å²) in [7, 11) is 0. The van der Waals surface area contributed by atoms with Gasteiger partial charge in [0, 0.05) is 13.1 Å². The second kappa shape index (κ2) is 3.44. The van der Waals surface area contributed by atoms with E-state index in [1.54, 1.807) is 6.07 Å². The molecule has 1 aliphatic heterocycles. The zero-order valence-corrected chi connectivity index (χ0v) is 8.95. The van der Waals surface area contributed by atoms with Gasteiger partial charge in [-0.15, -0.1) is 0 Å². The molecule has 1 saturated carbocycles. The Morgan fingerprint density at radius 3 is 2.93 bits per heavy atom. The first-order chi connectivity index (χ1) is 7.34. The fourth-order valence-corrected chi connectivity index (χ4v) is 2.68. The van der Waals surface area contributed by atoms with Crippen molar-refractivity contribution in [2.75, 3.05) is 18.0 Å². The number of hydrogen-bond donors (Lipinski definition) is 1. The van der Waals surface area contributed by atoms with Gasteiger partial charge in [-0.05, 0) is 36.8 Å². The standard InChI is InChI=1S/C13H17NO/c15-12-6-2-5-11-7-8-14(13(11)12)9-10-3-1-4-10/h2,5-6,10,15H,1,3-4,7-9H2. The minimum absolute atomic E-state index is 0.462. The third kappa shape index (κ3) is 1.48. The van der Waals surface area contributed by atoms with Crippen LogP contribution in [-0.2, 0) is 6.42 Å². The van der Waals surface area contributed by atoms with Gasteiger partial charge in [-0.3, -0.25) is 0 Å². The summed E-state index contributed by atoms with van der Waals surface area (Å²) >= 11 is 0. The number of rotatable bonds is 2. The van der Waals surface area contributed by atoms with Crippen LogP contribution in [0.15, 0.2) is 18.2 Å². The van der Waals surface area contributed by atoms with E-state index in [1.165, 1.54) is 24.8 Å². The van der Waals surface area contributed by atoms with Gasteiger partial charge >= 0.3 is 0 Å². The average Bonchev–Trinajstić information content (AvgIpc) is 2.56. The molecule has 2 nitrogen and oxygen atoms in total. The fraction of sp³-hybridized carbons (Fsp3) is 0.538. The normalized spacial score (nSPS) is 20.1. The van der Waals surface area contributed by atoms with E-state index in [9.17, 15) is 5.11 Å². The van der Waals surface area contributed by atoms with Crippen LogP contribution in [0.2, 0.25) is 0 Å². The number of aromatic hydroxyl groups is 1. The molecule has 3 rings (SSSR count). The summed E-state index contributed by atoms with van der Waals surface area (Å²) < 4.78 is 0. The van der Waals surface area contributed by atoms with E-state index < -0.39 is 0 Å². The van der Waals surface area contributed by atoms with Crippen molar-refractivity contribution in [1.82, 2.24) is 0 Å². The highest BCUT2D eigenvalue weighted by Gasteiger charge is 2.26. The summed E-state index contributed by atoms with van der Waals surface area (Å²) in [6, 6.07) is 5.88. The molecular weight excluding hydrogens is 186 g/mol. The van der Waals surface area contributed by atoms with Crippen LogP contribution in [0.5, 0.6) is 5.75 Å². The minimum atomic E-state index is 0.462. The summed E-state index contributed by atoms with van der Waals surface area (Å²) in [6.45, 7) is 2.23. The van der Waals surface area contributed by atoms with Gasteiger partial charge < -0.3 is 10.0 Å². The summed E-state index contributed by atoms with van der Waals surface area (Å²) in [5.41, 5.74) is 2.42. The number of benzene rings is 1. The van der Waals surface area contributed by atoms with E-state index in [2.05, 4.69) is 11.0 Å². The Bertz CT molecular complexity index is 371. The van der Waals surface area contributed by atoms with Crippen LogP contribution in [0.4, 0.5) is 5.69 Å². The van der Waals surface area contributed by atoms with E-state index in [0.29, 0.717) is 5.75 Å². The average molecular weight is 203 g/mol. The van der Waals surface area contributed by atoms with Crippen LogP contribution >= 0.6 is 0 Å². The Morgan fingerprint density at radius 2 is 2.20 bits per heavy atom. The molecule has 1 aromatic rings. The minimum Gasteiger partial charge on any atom is -0.506 e. The van der Waals surface area contributed by atoms with E-state index in [1.807, 2.05) is 6.07 Å². The van der Waals surface area contributed by atoms with Crippen molar-refractivity contribution in [2.45, 2.75) is 25.7 Å². The van der Waals surface area contributed by atoms with E-state index >= 15 is 0 Å². The van der Waals surface area contributed by atoms with Gasteiger partial charge in [0.05, 0.1) is 5.69 Å². The van der Waals surface area contributed by atoms with Crippen LogP contribution in [0.3, 0.4) is 0 Å². The zero-order chi connectivity index (χ0) is 10.3. The zero-order valence-electron chi connectivity index (χ0n) is 8.95. The second-order valence-electron chi connectivity index (χ2n) is 4.78. The molecule has 1 fully saturated rings. The summed E-state index contributed by atoms with van der Waals surface area (Å²) in [5, 5.41) is 9.86. The largest absolute Gasteiger partial charge is 0.506 e. The molecule has 80 valence electrons. The number of phenolic OH excluding ortho intramolecular Hbond substituents is 1. The quantitative estimate of drug-likeness (QED) is 0.798. The molecule has 1 aliphatic carbocycles. The fourth-order valence-electron chi connectivity index (χ4n) is 2.68. The van der Waals surface area contributed by atoms with E-state index in [-0.39, 0.29) is 0 Å². The van der Waals surface area contributed by atoms with Crippen LogP contribution in [-0.4, -0.2) is 18.2 Å². The second-order valence-corrected chi connectivity index (χ2v) is 4.78. The molecule has 15 heavy (non-hydrogen) atoms. The third-order valence-electron chi connectivity index (χ3n) is 3.77. The lowest BCUT2D eigenvalue weighted by atomic mass is 9.85. The summed E-state index contributed by atoms with van der Waals surface area (Å²) in [6.07, 6.45) is 5.24. The van der Waals surface area contributed by atoms with E-state index in [0.717, 1.165) is 31.1 Å². The third-order valence-corrected chi connectivity index (χ3v) is 3.77. The number of hydrogen-bond acceptors (Lipinski definition) is 2. The lowest BCUT2D eigenvalue weighted by molar-refractivity contribution is 0.318. The molecule has 0 spiro atoms. The van der Waals surface area contributed by atoms with Gasteiger partial charge in [0.15, 0.2) is 0 Å². The van der Waals surface area contributed by atoms with Crippen molar-refractivity contribution in [3.63, 3.8) is 0 Å². The molecule has 0 saturated heterocycles. The molecule has 1 N–H and O–H groups in total. The summed E-state index contributed by atoms with van der Waals surface area (Å²) in [4.78, 5) is 2.37. The Hall–Kier alpha value is -1.18. The number of anilines is 1. The lowest BCUT2D eigenvalue weighted by Gasteiger charge is -2.31. The van der Waals surface area contributed by atoms with Crippen LogP contribution in [0.1, 0.15) is 24.8 Å². The molecule has 0 atom stereocenters. The number of para-hydroxylation sites is 1. The first kappa shape index (κ1) is 9.08. The topological polar surface area (TPSA) is 23.5 Å². The molecule has 0 bridgehead atoms. The Balaban J connectivity index is 1.83. The van der Waals surface area contributed by atoms with Crippen molar-refractivity contribution < 1.29 is 5.11 Å². The van der Waals surface area contributed by atoms with Gasteiger partial charge in [-0.25, -0.2) is 0 Å². The first-order valence-corrected chi connectivity index (χ1v) is 5.90. The first-order valence-electron chi connectivity index (χ1n) is 5.90.